The minimum Gasteiger partial charge on any atom is -0.493 e. The van der Waals surface area contributed by atoms with E-state index in [1.54, 1.807) is 7.11 Å². The number of nitrogens with two attached hydrogens (primary N) is 1. The van der Waals surface area contributed by atoms with Crippen LogP contribution in [-0.2, 0) is 5.41 Å². The van der Waals surface area contributed by atoms with Gasteiger partial charge in [0, 0.05) is 11.5 Å². The van der Waals surface area contributed by atoms with Gasteiger partial charge < -0.3 is 15.2 Å². The minimum atomic E-state index is 0.172. The molecule has 1 aromatic rings. The highest BCUT2D eigenvalue weighted by atomic mass is 16.5. The van der Waals surface area contributed by atoms with Crippen molar-refractivity contribution < 1.29 is 9.47 Å². The number of ether oxygens (including phenoxy) is 2. The van der Waals surface area contributed by atoms with Crippen LogP contribution in [0.5, 0.6) is 11.5 Å². The first kappa shape index (κ1) is 11.8. The molecule has 2 fully saturated rings. The molecule has 1 unspecified atom stereocenters. The van der Waals surface area contributed by atoms with E-state index in [0.29, 0.717) is 6.10 Å². The highest BCUT2D eigenvalue weighted by Gasteiger charge is 2.47. The molecule has 3 heteroatoms. The van der Waals surface area contributed by atoms with Gasteiger partial charge in [-0.25, -0.2) is 0 Å². The van der Waals surface area contributed by atoms with E-state index in [4.69, 9.17) is 15.2 Å². The van der Waals surface area contributed by atoms with Crippen molar-refractivity contribution in [1.29, 1.82) is 0 Å². The van der Waals surface area contributed by atoms with E-state index in [1.165, 1.54) is 18.4 Å². The van der Waals surface area contributed by atoms with E-state index in [1.807, 2.05) is 6.07 Å². The topological polar surface area (TPSA) is 44.5 Å². The molecule has 1 atom stereocenters. The van der Waals surface area contributed by atoms with Crippen LogP contribution in [0, 0.1) is 0 Å². The SMILES string of the molecule is COc1cc(C2(C(C)N)CC2)ccc1OC1CC1. The largest absolute Gasteiger partial charge is 0.493 e. The van der Waals surface area contributed by atoms with Crippen molar-refractivity contribution in [2.75, 3.05) is 7.11 Å². The van der Waals surface area contributed by atoms with Crippen LogP contribution in [0.25, 0.3) is 0 Å². The van der Waals surface area contributed by atoms with Gasteiger partial charge in [0.25, 0.3) is 0 Å². The van der Waals surface area contributed by atoms with E-state index in [2.05, 4.69) is 19.1 Å². The van der Waals surface area contributed by atoms with Crippen LogP contribution in [0.1, 0.15) is 38.2 Å². The van der Waals surface area contributed by atoms with Gasteiger partial charge >= 0.3 is 0 Å². The molecule has 2 aliphatic carbocycles. The zero-order valence-corrected chi connectivity index (χ0v) is 11.1. The molecule has 18 heavy (non-hydrogen) atoms. The van der Waals surface area contributed by atoms with E-state index in [0.717, 1.165) is 24.3 Å². The summed E-state index contributed by atoms with van der Waals surface area (Å²) >= 11 is 0. The summed E-state index contributed by atoms with van der Waals surface area (Å²) in [6, 6.07) is 6.48. The summed E-state index contributed by atoms with van der Waals surface area (Å²) in [6.45, 7) is 2.09. The fourth-order valence-corrected chi connectivity index (χ4v) is 2.58. The molecule has 3 nitrogen and oxygen atoms in total. The van der Waals surface area contributed by atoms with Crippen LogP contribution in [0.3, 0.4) is 0 Å². The van der Waals surface area contributed by atoms with E-state index >= 15 is 0 Å². The minimum absolute atomic E-state index is 0.172. The van der Waals surface area contributed by atoms with Crippen molar-refractivity contribution in [2.45, 2.75) is 50.2 Å². The van der Waals surface area contributed by atoms with Crippen LogP contribution in [0.2, 0.25) is 0 Å². The normalized spacial score (nSPS) is 22.4. The average Bonchev–Trinajstić information content (AvgIpc) is 3.23. The first-order valence-corrected chi connectivity index (χ1v) is 6.76. The van der Waals surface area contributed by atoms with E-state index in [-0.39, 0.29) is 11.5 Å². The fraction of sp³-hybridized carbons (Fsp3) is 0.600. The molecule has 0 bridgehead atoms. The Kier molecular flexibility index (Phi) is 2.74. The first-order chi connectivity index (χ1) is 8.65. The van der Waals surface area contributed by atoms with Crippen molar-refractivity contribution in [3.8, 4) is 11.5 Å². The summed E-state index contributed by atoms with van der Waals surface area (Å²) in [5.41, 5.74) is 7.57. The van der Waals surface area contributed by atoms with Gasteiger partial charge in [-0.3, -0.25) is 0 Å². The molecule has 0 saturated heterocycles. The first-order valence-electron chi connectivity index (χ1n) is 6.76. The monoisotopic (exact) mass is 247 g/mol. The predicted octanol–water partition coefficient (Wildman–Crippen LogP) is 2.62. The quantitative estimate of drug-likeness (QED) is 0.870. The molecular weight excluding hydrogens is 226 g/mol. The maximum atomic E-state index is 6.11. The van der Waals surface area contributed by atoms with Crippen molar-refractivity contribution in [1.82, 2.24) is 0 Å². The van der Waals surface area contributed by atoms with Crippen LogP contribution in [-0.4, -0.2) is 19.3 Å². The number of hydrogen-bond acceptors (Lipinski definition) is 3. The lowest BCUT2D eigenvalue weighted by Crippen LogP contribution is -2.31. The summed E-state index contributed by atoms with van der Waals surface area (Å²) in [5.74, 6) is 1.70. The Morgan fingerprint density at radius 1 is 1.28 bits per heavy atom. The molecule has 2 saturated carbocycles. The van der Waals surface area contributed by atoms with Gasteiger partial charge in [0.15, 0.2) is 11.5 Å². The number of methoxy groups -OCH3 is 1. The lowest BCUT2D eigenvalue weighted by atomic mass is 9.89. The summed E-state index contributed by atoms with van der Waals surface area (Å²) < 4.78 is 11.3. The summed E-state index contributed by atoms with van der Waals surface area (Å²) in [6.07, 6.45) is 5.07. The highest BCUT2D eigenvalue weighted by Crippen LogP contribution is 2.51. The summed E-state index contributed by atoms with van der Waals surface area (Å²) in [5, 5.41) is 0. The molecule has 0 radical (unpaired) electrons. The third kappa shape index (κ3) is 1.97. The molecule has 0 aromatic heterocycles. The van der Waals surface area contributed by atoms with Crippen LogP contribution in [0.4, 0.5) is 0 Å². The molecule has 2 N–H and O–H groups in total. The van der Waals surface area contributed by atoms with Crippen LogP contribution < -0.4 is 15.2 Å². The Labute approximate surface area is 108 Å². The zero-order valence-electron chi connectivity index (χ0n) is 11.1. The molecule has 0 spiro atoms. The Morgan fingerprint density at radius 2 is 2.00 bits per heavy atom. The van der Waals surface area contributed by atoms with Gasteiger partial charge in [-0.15, -0.1) is 0 Å². The Morgan fingerprint density at radius 3 is 2.50 bits per heavy atom. The molecular formula is C15H21NO2. The lowest BCUT2D eigenvalue weighted by molar-refractivity contribution is 0.281. The lowest BCUT2D eigenvalue weighted by Gasteiger charge is -2.21. The maximum absolute atomic E-state index is 6.11. The smallest absolute Gasteiger partial charge is 0.161 e. The standard InChI is InChI=1S/C15H21NO2/c1-10(16)15(7-8-15)11-3-6-13(14(9-11)17-2)18-12-4-5-12/h3,6,9-10,12H,4-5,7-8,16H2,1-2H3. The van der Waals surface area contributed by atoms with Crippen molar-refractivity contribution in [2.24, 2.45) is 5.73 Å². The summed E-state index contributed by atoms with van der Waals surface area (Å²) in [4.78, 5) is 0. The second-order valence-corrected chi connectivity index (χ2v) is 5.63. The molecule has 0 amide bonds. The van der Waals surface area contributed by atoms with Crippen LogP contribution in [0.15, 0.2) is 18.2 Å². The number of rotatable bonds is 5. The Hall–Kier alpha value is -1.22. The predicted molar refractivity (Wildman–Crippen MR) is 71.2 cm³/mol. The maximum Gasteiger partial charge on any atom is 0.161 e. The average molecular weight is 247 g/mol. The molecule has 1 aromatic carbocycles. The third-order valence-corrected chi connectivity index (χ3v) is 4.22. The van der Waals surface area contributed by atoms with Gasteiger partial charge in [-0.2, -0.15) is 0 Å². The zero-order chi connectivity index (χ0) is 12.8. The molecule has 98 valence electrons. The van der Waals surface area contributed by atoms with Crippen molar-refractivity contribution in [3.63, 3.8) is 0 Å². The van der Waals surface area contributed by atoms with Gasteiger partial charge in [-0.1, -0.05) is 6.07 Å². The molecule has 0 aliphatic heterocycles. The van der Waals surface area contributed by atoms with E-state index < -0.39 is 0 Å². The number of benzene rings is 1. The second-order valence-electron chi connectivity index (χ2n) is 5.63. The third-order valence-electron chi connectivity index (χ3n) is 4.22. The van der Waals surface area contributed by atoms with Gasteiger partial charge in [0.2, 0.25) is 0 Å². The van der Waals surface area contributed by atoms with Crippen molar-refractivity contribution in [3.05, 3.63) is 23.8 Å². The summed E-state index contributed by atoms with van der Waals surface area (Å²) in [7, 11) is 1.70. The Bertz CT molecular complexity index is 448. The van der Waals surface area contributed by atoms with Gasteiger partial charge in [-0.05, 0) is 50.3 Å². The molecule has 0 heterocycles. The van der Waals surface area contributed by atoms with Gasteiger partial charge in [0.1, 0.15) is 0 Å². The molecule has 3 rings (SSSR count). The van der Waals surface area contributed by atoms with Crippen molar-refractivity contribution >= 4 is 0 Å². The van der Waals surface area contributed by atoms with Crippen LogP contribution >= 0.6 is 0 Å². The molecule has 2 aliphatic rings. The van der Waals surface area contributed by atoms with Gasteiger partial charge in [0.05, 0.1) is 13.2 Å². The van der Waals surface area contributed by atoms with E-state index in [9.17, 15) is 0 Å². The Balaban J connectivity index is 1.88. The highest BCUT2D eigenvalue weighted by molar-refractivity contribution is 5.47. The second kappa shape index (κ2) is 4.16. The number of hydrogen-bond donors (Lipinski definition) is 1. The fourth-order valence-electron chi connectivity index (χ4n) is 2.58.